The molecule has 21 heavy (non-hydrogen) atoms. The molecule has 2 N–H and O–H groups in total. The molecular formula is C16H22N4O. The Morgan fingerprint density at radius 1 is 1.19 bits per heavy atom. The molecule has 0 unspecified atom stereocenters. The first kappa shape index (κ1) is 14.2. The second kappa shape index (κ2) is 6.83. The van der Waals surface area contributed by atoms with E-state index < -0.39 is 0 Å². The highest BCUT2D eigenvalue weighted by molar-refractivity contribution is 5.29. The number of hydrogen-bond acceptors (Lipinski definition) is 4. The Morgan fingerprint density at radius 2 is 2.00 bits per heavy atom. The van der Waals surface area contributed by atoms with Crippen LogP contribution in [0.15, 0.2) is 36.7 Å². The first-order chi connectivity index (χ1) is 10.4. The van der Waals surface area contributed by atoms with Gasteiger partial charge in [-0.1, -0.05) is 31.0 Å². The molecule has 0 amide bonds. The number of rotatable bonds is 5. The molecule has 3 rings (SSSR count). The van der Waals surface area contributed by atoms with Crippen molar-refractivity contribution in [2.45, 2.75) is 38.3 Å². The van der Waals surface area contributed by atoms with Gasteiger partial charge in [-0.25, -0.2) is 9.67 Å². The Morgan fingerprint density at radius 3 is 2.81 bits per heavy atom. The Balaban J connectivity index is 1.60. The van der Waals surface area contributed by atoms with Crippen molar-refractivity contribution in [3.8, 4) is 5.69 Å². The van der Waals surface area contributed by atoms with Gasteiger partial charge in [0.15, 0.2) is 5.82 Å². The van der Waals surface area contributed by atoms with Crippen LogP contribution in [0.1, 0.15) is 31.5 Å². The third-order valence-corrected chi connectivity index (χ3v) is 4.23. The number of nitrogens with zero attached hydrogens (tertiary/aromatic N) is 3. The molecule has 0 radical (unpaired) electrons. The van der Waals surface area contributed by atoms with Gasteiger partial charge in [0.1, 0.15) is 6.33 Å². The van der Waals surface area contributed by atoms with Crippen molar-refractivity contribution in [3.05, 3.63) is 42.5 Å². The molecule has 0 spiro atoms. The Labute approximate surface area is 125 Å². The molecule has 2 atom stereocenters. The van der Waals surface area contributed by atoms with E-state index in [1.807, 2.05) is 30.3 Å². The summed E-state index contributed by atoms with van der Waals surface area (Å²) in [6.07, 6.45) is 6.45. The van der Waals surface area contributed by atoms with Gasteiger partial charge in [0.05, 0.1) is 12.2 Å². The molecule has 1 aliphatic rings. The topological polar surface area (TPSA) is 63.0 Å². The third kappa shape index (κ3) is 3.49. The minimum Gasteiger partial charge on any atom is -0.396 e. The highest BCUT2D eigenvalue weighted by atomic mass is 16.3. The molecule has 5 heteroatoms. The van der Waals surface area contributed by atoms with Crippen LogP contribution in [0, 0.1) is 5.92 Å². The normalized spacial score (nSPS) is 22.3. The van der Waals surface area contributed by atoms with Crippen molar-refractivity contribution < 1.29 is 5.11 Å². The fourth-order valence-corrected chi connectivity index (χ4v) is 3.00. The molecule has 1 aromatic carbocycles. The number of aromatic nitrogens is 3. The maximum Gasteiger partial charge on any atom is 0.164 e. The van der Waals surface area contributed by atoms with Crippen molar-refractivity contribution in [1.29, 1.82) is 0 Å². The van der Waals surface area contributed by atoms with Gasteiger partial charge < -0.3 is 10.4 Å². The lowest BCUT2D eigenvalue weighted by Crippen LogP contribution is -2.40. The van der Waals surface area contributed by atoms with Crippen LogP contribution in [-0.4, -0.2) is 32.5 Å². The molecule has 5 nitrogen and oxygen atoms in total. The van der Waals surface area contributed by atoms with E-state index in [0.29, 0.717) is 18.5 Å². The van der Waals surface area contributed by atoms with Crippen LogP contribution in [0.5, 0.6) is 0 Å². The predicted molar refractivity (Wildman–Crippen MR) is 81.0 cm³/mol. The average molecular weight is 286 g/mol. The lowest BCUT2D eigenvalue weighted by molar-refractivity contribution is 0.152. The summed E-state index contributed by atoms with van der Waals surface area (Å²) < 4.78 is 1.79. The molecule has 1 heterocycles. The zero-order valence-corrected chi connectivity index (χ0v) is 12.2. The van der Waals surface area contributed by atoms with E-state index in [0.717, 1.165) is 24.4 Å². The summed E-state index contributed by atoms with van der Waals surface area (Å²) in [5.74, 6) is 1.16. The quantitative estimate of drug-likeness (QED) is 0.881. The molecule has 0 bridgehead atoms. The lowest BCUT2D eigenvalue weighted by Gasteiger charge is -2.30. The highest BCUT2D eigenvalue weighted by Gasteiger charge is 2.24. The molecular weight excluding hydrogens is 264 g/mol. The van der Waals surface area contributed by atoms with Crippen LogP contribution in [-0.2, 0) is 6.54 Å². The van der Waals surface area contributed by atoms with Crippen LogP contribution in [0.3, 0.4) is 0 Å². The molecule has 0 saturated heterocycles. The van der Waals surface area contributed by atoms with Crippen LogP contribution in [0.4, 0.5) is 0 Å². The maximum atomic E-state index is 9.44. The highest BCUT2D eigenvalue weighted by Crippen LogP contribution is 2.24. The maximum absolute atomic E-state index is 9.44. The van der Waals surface area contributed by atoms with E-state index >= 15 is 0 Å². The SMILES string of the molecule is OC[C@@H]1CCCC[C@@H]1NCc1ncn(-c2ccccc2)n1. The first-order valence-corrected chi connectivity index (χ1v) is 7.67. The van der Waals surface area contributed by atoms with Gasteiger partial charge in [-0.05, 0) is 30.9 Å². The second-order valence-electron chi connectivity index (χ2n) is 5.66. The van der Waals surface area contributed by atoms with Gasteiger partial charge in [-0.2, -0.15) is 0 Å². The van der Waals surface area contributed by atoms with Crippen molar-refractivity contribution in [2.75, 3.05) is 6.61 Å². The van der Waals surface area contributed by atoms with Crippen molar-refractivity contribution in [3.63, 3.8) is 0 Å². The monoisotopic (exact) mass is 286 g/mol. The van der Waals surface area contributed by atoms with Crippen LogP contribution in [0.2, 0.25) is 0 Å². The summed E-state index contributed by atoms with van der Waals surface area (Å²) in [4.78, 5) is 4.35. The fourth-order valence-electron chi connectivity index (χ4n) is 3.00. The third-order valence-electron chi connectivity index (χ3n) is 4.23. The molecule has 1 aromatic heterocycles. The largest absolute Gasteiger partial charge is 0.396 e. The number of aliphatic hydroxyl groups excluding tert-OH is 1. The average Bonchev–Trinajstić information content (AvgIpc) is 3.03. The predicted octanol–water partition coefficient (Wildman–Crippen LogP) is 1.91. The summed E-state index contributed by atoms with van der Waals surface area (Å²) in [5.41, 5.74) is 1.02. The van der Waals surface area contributed by atoms with Crippen molar-refractivity contribution in [2.24, 2.45) is 5.92 Å². The van der Waals surface area contributed by atoms with Gasteiger partial charge in [-0.15, -0.1) is 5.10 Å². The van der Waals surface area contributed by atoms with Crippen LogP contribution < -0.4 is 5.32 Å². The molecule has 1 fully saturated rings. The lowest BCUT2D eigenvalue weighted by atomic mass is 9.85. The van der Waals surface area contributed by atoms with Gasteiger partial charge in [-0.3, -0.25) is 0 Å². The van der Waals surface area contributed by atoms with E-state index in [4.69, 9.17) is 0 Å². The summed E-state index contributed by atoms with van der Waals surface area (Å²) >= 11 is 0. The molecule has 1 saturated carbocycles. The number of nitrogens with one attached hydrogen (secondary N) is 1. The molecule has 112 valence electrons. The van der Waals surface area contributed by atoms with E-state index in [-0.39, 0.29) is 6.61 Å². The van der Waals surface area contributed by atoms with E-state index in [1.165, 1.54) is 12.8 Å². The first-order valence-electron chi connectivity index (χ1n) is 7.67. The Hall–Kier alpha value is -1.72. The van der Waals surface area contributed by atoms with Crippen LogP contribution >= 0.6 is 0 Å². The van der Waals surface area contributed by atoms with Gasteiger partial charge in [0.25, 0.3) is 0 Å². The number of para-hydroxylation sites is 1. The van der Waals surface area contributed by atoms with Crippen LogP contribution in [0.25, 0.3) is 5.69 Å². The van der Waals surface area contributed by atoms with Gasteiger partial charge >= 0.3 is 0 Å². The van der Waals surface area contributed by atoms with Gasteiger partial charge in [0, 0.05) is 12.6 Å². The number of benzene rings is 1. The molecule has 2 aromatic rings. The Bertz CT molecular complexity index is 554. The smallest absolute Gasteiger partial charge is 0.164 e. The van der Waals surface area contributed by atoms with Gasteiger partial charge in [0.2, 0.25) is 0 Å². The van der Waals surface area contributed by atoms with E-state index in [2.05, 4.69) is 15.4 Å². The standard InChI is InChI=1S/C16H22N4O/c21-11-13-6-4-5-9-15(13)17-10-16-18-12-20(19-16)14-7-2-1-3-8-14/h1-3,7-8,12-13,15,17,21H,4-6,9-11H2/t13-,15-/m0/s1. The van der Waals surface area contributed by atoms with Crippen molar-refractivity contribution >= 4 is 0 Å². The summed E-state index contributed by atoms with van der Waals surface area (Å²) in [6, 6.07) is 10.4. The summed E-state index contributed by atoms with van der Waals surface area (Å²) in [7, 11) is 0. The summed E-state index contributed by atoms with van der Waals surface area (Å²) in [5, 5.41) is 17.4. The summed E-state index contributed by atoms with van der Waals surface area (Å²) in [6.45, 7) is 0.921. The minimum absolute atomic E-state index is 0.267. The Kier molecular flexibility index (Phi) is 4.62. The number of hydrogen-bond donors (Lipinski definition) is 2. The zero-order valence-electron chi connectivity index (χ0n) is 12.2. The zero-order chi connectivity index (χ0) is 14.5. The molecule has 1 aliphatic carbocycles. The fraction of sp³-hybridized carbons (Fsp3) is 0.500. The number of aliphatic hydroxyl groups is 1. The van der Waals surface area contributed by atoms with E-state index in [9.17, 15) is 5.11 Å². The second-order valence-corrected chi connectivity index (χ2v) is 5.66. The van der Waals surface area contributed by atoms with E-state index in [1.54, 1.807) is 11.0 Å². The minimum atomic E-state index is 0.267. The molecule has 0 aliphatic heterocycles. The van der Waals surface area contributed by atoms with Crippen molar-refractivity contribution in [1.82, 2.24) is 20.1 Å².